The summed E-state index contributed by atoms with van der Waals surface area (Å²) < 4.78 is 0.708. The van der Waals surface area contributed by atoms with Crippen molar-refractivity contribution in [1.29, 1.82) is 0 Å². The lowest BCUT2D eigenvalue weighted by Gasteiger charge is -2.15. The molecule has 16 heavy (non-hydrogen) atoms. The van der Waals surface area contributed by atoms with Gasteiger partial charge in [0.15, 0.2) is 0 Å². The Kier molecular flexibility index (Phi) is 11.4. The van der Waals surface area contributed by atoms with Gasteiger partial charge in [-0.05, 0) is 59.0 Å². The van der Waals surface area contributed by atoms with E-state index in [1.807, 2.05) is 80.5 Å². The van der Waals surface area contributed by atoms with Gasteiger partial charge in [0.25, 0.3) is 0 Å². The Morgan fingerprint density at radius 1 is 0.438 bits per heavy atom. The molecule has 0 radical (unpaired) electrons. The minimum Gasteiger partial charge on any atom is -0.0757 e. The molecule has 0 aliphatic carbocycles. The molecular weight excluding hydrogens is 353 g/mol. The molecule has 0 heterocycles. The molecule has 0 amide bonds. The van der Waals surface area contributed by atoms with Crippen LogP contribution in [0.5, 0.6) is 0 Å². The summed E-state index contributed by atoms with van der Waals surface area (Å²) >= 11 is 0. The van der Waals surface area contributed by atoms with E-state index in [2.05, 4.69) is 41.5 Å². The maximum atomic E-state index is 2.24. The molecule has 0 aliphatic rings. The third-order valence-corrected chi connectivity index (χ3v) is 17.6. The molecule has 0 saturated heterocycles. The van der Waals surface area contributed by atoms with Crippen LogP contribution in [-0.4, -0.2) is 9.49 Å². The summed E-state index contributed by atoms with van der Waals surface area (Å²) in [7, 11) is 15.0. The lowest BCUT2D eigenvalue weighted by atomic mass is 10.3. The van der Waals surface area contributed by atoms with E-state index < -0.39 is 0 Å². The van der Waals surface area contributed by atoms with E-state index in [9.17, 15) is 0 Å². The molecular formula is C8H18S8. The van der Waals surface area contributed by atoms with Crippen molar-refractivity contribution in [3.05, 3.63) is 0 Å². The van der Waals surface area contributed by atoms with Crippen LogP contribution in [0.2, 0.25) is 0 Å². The summed E-state index contributed by atoms with van der Waals surface area (Å²) in [5.41, 5.74) is 0. The zero-order chi connectivity index (χ0) is 12.7. The molecule has 0 nitrogen and oxygen atoms in total. The van der Waals surface area contributed by atoms with Crippen LogP contribution >= 0.6 is 80.5 Å². The van der Waals surface area contributed by atoms with E-state index in [4.69, 9.17) is 0 Å². The molecule has 0 aromatic carbocycles. The van der Waals surface area contributed by atoms with Gasteiger partial charge < -0.3 is 0 Å². The van der Waals surface area contributed by atoms with Crippen LogP contribution in [-0.2, 0) is 0 Å². The Bertz CT molecular complexity index is 150. The molecule has 0 aromatic rings. The van der Waals surface area contributed by atoms with E-state index in [0.29, 0.717) is 9.49 Å². The number of hydrogen-bond donors (Lipinski definition) is 0. The predicted octanol–water partition coefficient (Wildman–Crippen LogP) is 7.85. The average molecular weight is 371 g/mol. The van der Waals surface area contributed by atoms with E-state index in [1.54, 1.807) is 0 Å². The average Bonchev–Trinajstić information content (AvgIpc) is 2.06. The fraction of sp³-hybridized carbons (Fsp3) is 1.00. The Morgan fingerprint density at radius 3 is 0.938 bits per heavy atom. The molecule has 0 fully saturated rings. The van der Waals surface area contributed by atoms with Gasteiger partial charge in [-0.3, -0.25) is 0 Å². The fourth-order valence-electron chi connectivity index (χ4n) is 0.277. The standard InChI is InChI=1S/C8H18S8/c1-7(2,3)9-11-13-15-16-14-12-10-8(4,5)6/h1-6H3. The van der Waals surface area contributed by atoms with E-state index in [1.165, 1.54) is 0 Å². The molecule has 0 saturated carbocycles. The first-order valence-electron chi connectivity index (χ1n) is 4.57. The first kappa shape index (κ1) is 18.8. The Balaban J connectivity index is 3.17. The summed E-state index contributed by atoms with van der Waals surface area (Å²) in [6.45, 7) is 13.5. The second-order valence-corrected chi connectivity index (χ2v) is 19.2. The van der Waals surface area contributed by atoms with Crippen molar-refractivity contribution in [2.75, 3.05) is 0 Å². The lowest BCUT2D eigenvalue weighted by molar-refractivity contribution is 0.810. The van der Waals surface area contributed by atoms with Crippen LogP contribution in [0.15, 0.2) is 0 Å². The summed E-state index contributed by atoms with van der Waals surface area (Å²) in [6, 6.07) is 0. The second kappa shape index (κ2) is 9.66. The number of hydrogen-bond acceptors (Lipinski definition) is 8. The van der Waals surface area contributed by atoms with Crippen LogP contribution in [0.1, 0.15) is 41.5 Å². The molecule has 98 valence electrons. The van der Waals surface area contributed by atoms with E-state index >= 15 is 0 Å². The summed E-state index contributed by atoms with van der Waals surface area (Å²) in [5, 5.41) is 0. The number of rotatable bonds is 7. The normalized spacial score (nSPS) is 13.1. The molecule has 8 heteroatoms. The fourth-order valence-corrected chi connectivity index (χ4v) is 18.8. The summed E-state index contributed by atoms with van der Waals surface area (Å²) in [4.78, 5) is 0. The van der Waals surface area contributed by atoms with Crippen molar-refractivity contribution in [2.24, 2.45) is 0 Å². The predicted molar refractivity (Wildman–Crippen MR) is 100 cm³/mol. The highest BCUT2D eigenvalue weighted by molar-refractivity contribution is 9.48. The molecule has 0 N–H and O–H groups in total. The topological polar surface area (TPSA) is 0 Å². The minimum absolute atomic E-state index is 0.354. The van der Waals surface area contributed by atoms with Crippen LogP contribution in [0.25, 0.3) is 0 Å². The Labute approximate surface area is 130 Å². The van der Waals surface area contributed by atoms with Crippen LogP contribution in [0.3, 0.4) is 0 Å². The van der Waals surface area contributed by atoms with Gasteiger partial charge in [-0.1, -0.05) is 63.1 Å². The van der Waals surface area contributed by atoms with Crippen molar-refractivity contribution >= 4 is 80.5 Å². The smallest absolute Gasteiger partial charge is 0.0187 e. The third-order valence-electron chi connectivity index (χ3n) is 0.707. The largest absolute Gasteiger partial charge is 0.0757 e. The molecule has 0 spiro atoms. The van der Waals surface area contributed by atoms with Gasteiger partial charge in [-0.15, -0.1) is 0 Å². The molecule has 0 rings (SSSR count). The van der Waals surface area contributed by atoms with Gasteiger partial charge in [0.05, 0.1) is 0 Å². The first-order valence-corrected chi connectivity index (χ1v) is 14.7. The monoisotopic (exact) mass is 370 g/mol. The summed E-state index contributed by atoms with van der Waals surface area (Å²) in [5.74, 6) is 0. The van der Waals surface area contributed by atoms with Crippen molar-refractivity contribution in [2.45, 2.75) is 51.0 Å². The van der Waals surface area contributed by atoms with Crippen molar-refractivity contribution < 1.29 is 0 Å². The van der Waals surface area contributed by atoms with Gasteiger partial charge in [-0.2, -0.15) is 0 Å². The molecule has 0 atom stereocenters. The Morgan fingerprint density at radius 2 is 0.688 bits per heavy atom. The van der Waals surface area contributed by atoms with E-state index in [-0.39, 0.29) is 0 Å². The minimum atomic E-state index is 0.354. The van der Waals surface area contributed by atoms with Crippen LogP contribution < -0.4 is 0 Å². The zero-order valence-electron chi connectivity index (χ0n) is 10.3. The molecule has 0 bridgehead atoms. The molecule has 0 unspecified atom stereocenters. The van der Waals surface area contributed by atoms with Crippen LogP contribution in [0, 0.1) is 0 Å². The maximum Gasteiger partial charge on any atom is 0.0187 e. The van der Waals surface area contributed by atoms with Gasteiger partial charge in [0, 0.05) is 9.49 Å². The first-order chi connectivity index (χ1) is 7.21. The summed E-state index contributed by atoms with van der Waals surface area (Å²) in [6.07, 6.45) is 0. The maximum absolute atomic E-state index is 2.24. The van der Waals surface area contributed by atoms with Gasteiger partial charge >= 0.3 is 0 Å². The van der Waals surface area contributed by atoms with Gasteiger partial charge in [0.1, 0.15) is 0 Å². The SMILES string of the molecule is CC(C)(C)SSSSSSSSC(C)(C)C. The highest BCUT2D eigenvalue weighted by atomic mass is 34.0. The van der Waals surface area contributed by atoms with Gasteiger partial charge in [-0.25, -0.2) is 0 Å². The van der Waals surface area contributed by atoms with Crippen LogP contribution in [0.4, 0.5) is 0 Å². The molecule has 0 aliphatic heterocycles. The van der Waals surface area contributed by atoms with Gasteiger partial charge in [0.2, 0.25) is 0 Å². The second-order valence-electron chi connectivity index (χ2n) is 4.80. The zero-order valence-corrected chi connectivity index (χ0v) is 16.8. The third kappa shape index (κ3) is 16.8. The Hall–Kier alpha value is 2.80. The highest BCUT2D eigenvalue weighted by Gasteiger charge is 2.12. The van der Waals surface area contributed by atoms with Crippen molar-refractivity contribution in [3.8, 4) is 0 Å². The highest BCUT2D eigenvalue weighted by Crippen LogP contribution is 2.59. The van der Waals surface area contributed by atoms with Crippen molar-refractivity contribution in [3.63, 3.8) is 0 Å². The van der Waals surface area contributed by atoms with Crippen molar-refractivity contribution in [1.82, 2.24) is 0 Å². The quantitative estimate of drug-likeness (QED) is 0.324. The van der Waals surface area contributed by atoms with E-state index in [0.717, 1.165) is 0 Å². The molecule has 0 aromatic heterocycles. The lowest BCUT2D eigenvalue weighted by Crippen LogP contribution is -2.03.